The lowest BCUT2D eigenvalue weighted by molar-refractivity contribution is -0.136. The van der Waals surface area contributed by atoms with Crippen LogP contribution in [0.25, 0.3) is 0 Å². The Morgan fingerprint density at radius 3 is 1.12 bits per heavy atom. The van der Waals surface area contributed by atoms with E-state index in [0.717, 1.165) is 22.3 Å². The maximum atomic E-state index is 10.5. The lowest BCUT2D eigenvalue weighted by Gasteiger charge is -1.86. The second-order valence-electron chi connectivity index (χ2n) is 3.96. The first-order valence-electron chi connectivity index (χ1n) is 5.10. The molecule has 0 fully saturated rings. The molecule has 0 radical (unpaired) electrons. The van der Waals surface area contributed by atoms with Crippen molar-refractivity contribution in [3.63, 3.8) is 0 Å². The first-order chi connectivity index (χ1) is 7.43. The van der Waals surface area contributed by atoms with Crippen molar-refractivity contribution in [2.75, 3.05) is 13.2 Å². The van der Waals surface area contributed by atoms with Crippen LogP contribution in [-0.4, -0.2) is 25.2 Å². The number of ether oxygens (including phenoxy) is 2. The quantitative estimate of drug-likeness (QED) is 0.588. The minimum atomic E-state index is -0.164. The van der Waals surface area contributed by atoms with Crippen LogP contribution in [0.15, 0.2) is 22.3 Å². The molecule has 0 spiro atoms. The Hall–Kier alpha value is -1.58. The normalized spacial score (nSPS) is 19.5. The summed E-state index contributed by atoms with van der Waals surface area (Å²) >= 11 is 0. The Labute approximate surface area is 94.9 Å². The predicted molar refractivity (Wildman–Crippen MR) is 58.7 cm³/mol. The van der Waals surface area contributed by atoms with Gasteiger partial charge in [-0.2, -0.15) is 0 Å². The van der Waals surface area contributed by atoms with E-state index in [1.165, 1.54) is 0 Å². The SMILES string of the molecule is CC1=C(C)C(=O)OC1.CC1=C(C)C(=O)OC1. The summed E-state index contributed by atoms with van der Waals surface area (Å²) in [6.07, 6.45) is 0. The molecule has 0 N–H and O–H groups in total. The molecule has 0 aromatic heterocycles. The van der Waals surface area contributed by atoms with Crippen molar-refractivity contribution in [3.05, 3.63) is 22.3 Å². The van der Waals surface area contributed by atoms with E-state index in [1.807, 2.05) is 13.8 Å². The van der Waals surface area contributed by atoms with Crippen LogP contribution < -0.4 is 0 Å². The van der Waals surface area contributed by atoms with E-state index >= 15 is 0 Å². The molecule has 0 aliphatic carbocycles. The summed E-state index contributed by atoms with van der Waals surface area (Å²) in [6.45, 7) is 8.35. The summed E-state index contributed by atoms with van der Waals surface area (Å²) in [5.41, 5.74) is 3.64. The van der Waals surface area contributed by atoms with Gasteiger partial charge in [-0.25, -0.2) is 9.59 Å². The van der Waals surface area contributed by atoms with Gasteiger partial charge in [-0.1, -0.05) is 0 Å². The van der Waals surface area contributed by atoms with Crippen LogP contribution >= 0.6 is 0 Å². The highest BCUT2D eigenvalue weighted by Crippen LogP contribution is 2.13. The van der Waals surface area contributed by atoms with Crippen molar-refractivity contribution in [1.29, 1.82) is 0 Å². The molecular formula is C12H16O4. The zero-order valence-electron chi connectivity index (χ0n) is 10.0. The maximum absolute atomic E-state index is 10.5. The van der Waals surface area contributed by atoms with Gasteiger partial charge in [0.05, 0.1) is 0 Å². The maximum Gasteiger partial charge on any atom is 0.334 e. The van der Waals surface area contributed by atoms with Crippen LogP contribution in [-0.2, 0) is 19.1 Å². The van der Waals surface area contributed by atoms with Gasteiger partial charge in [0.25, 0.3) is 0 Å². The van der Waals surface area contributed by atoms with Gasteiger partial charge in [0, 0.05) is 11.1 Å². The van der Waals surface area contributed by atoms with Crippen LogP contribution in [0, 0.1) is 0 Å². The van der Waals surface area contributed by atoms with Gasteiger partial charge in [-0.05, 0) is 38.8 Å². The molecule has 2 rings (SSSR count). The van der Waals surface area contributed by atoms with Crippen molar-refractivity contribution < 1.29 is 19.1 Å². The molecule has 4 nitrogen and oxygen atoms in total. The predicted octanol–water partition coefficient (Wildman–Crippen LogP) is 1.76. The molecule has 88 valence electrons. The third-order valence-corrected chi connectivity index (χ3v) is 2.73. The molecule has 2 aliphatic heterocycles. The average Bonchev–Trinajstić information content (AvgIpc) is 2.70. The van der Waals surface area contributed by atoms with Crippen LogP contribution in [0.3, 0.4) is 0 Å². The van der Waals surface area contributed by atoms with Crippen LogP contribution in [0.4, 0.5) is 0 Å². The molecule has 0 aromatic carbocycles. The molecule has 2 heterocycles. The summed E-state index contributed by atoms with van der Waals surface area (Å²) < 4.78 is 9.33. The second kappa shape index (κ2) is 4.96. The van der Waals surface area contributed by atoms with Gasteiger partial charge in [-0.3, -0.25) is 0 Å². The van der Waals surface area contributed by atoms with Crippen molar-refractivity contribution in [2.45, 2.75) is 27.7 Å². The molecule has 0 saturated heterocycles. The molecular weight excluding hydrogens is 208 g/mol. The van der Waals surface area contributed by atoms with E-state index in [0.29, 0.717) is 13.2 Å². The number of hydrogen-bond acceptors (Lipinski definition) is 4. The van der Waals surface area contributed by atoms with Crippen molar-refractivity contribution in [2.24, 2.45) is 0 Å². The van der Waals surface area contributed by atoms with E-state index in [2.05, 4.69) is 9.47 Å². The van der Waals surface area contributed by atoms with Crippen molar-refractivity contribution in [3.8, 4) is 0 Å². The molecule has 0 unspecified atom stereocenters. The van der Waals surface area contributed by atoms with Crippen LogP contribution in [0.5, 0.6) is 0 Å². The monoisotopic (exact) mass is 224 g/mol. The molecule has 0 amide bonds. The van der Waals surface area contributed by atoms with Gasteiger partial charge in [-0.15, -0.1) is 0 Å². The number of carbonyl (C=O) groups is 2. The Morgan fingerprint density at radius 2 is 1.06 bits per heavy atom. The third kappa shape index (κ3) is 2.72. The minimum Gasteiger partial charge on any atom is -0.458 e. The fraction of sp³-hybridized carbons (Fsp3) is 0.500. The Morgan fingerprint density at radius 1 is 0.750 bits per heavy atom. The summed E-state index contributed by atoms with van der Waals surface area (Å²) in [5, 5.41) is 0. The fourth-order valence-corrected chi connectivity index (χ4v) is 1.13. The Balaban J connectivity index is 0.000000160. The zero-order valence-corrected chi connectivity index (χ0v) is 10.0. The lowest BCUT2D eigenvalue weighted by Crippen LogP contribution is -1.94. The Bertz CT molecular complexity index is 350. The zero-order chi connectivity index (χ0) is 12.3. The fourth-order valence-electron chi connectivity index (χ4n) is 1.13. The average molecular weight is 224 g/mol. The highest BCUT2D eigenvalue weighted by atomic mass is 16.5. The molecule has 0 bridgehead atoms. The van der Waals surface area contributed by atoms with E-state index in [9.17, 15) is 9.59 Å². The van der Waals surface area contributed by atoms with Gasteiger partial charge in [0.15, 0.2) is 0 Å². The highest BCUT2D eigenvalue weighted by Gasteiger charge is 2.16. The van der Waals surface area contributed by atoms with Gasteiger partial charge in [0.2, 0.25) is 0 Å². The first kappa shape index (κ1) is 12.5. The molecule has 2 aliphatic rings. The summed E-state index contributed by atoms with van der Waals surface area (Å²) in [7, 11) is 0. The minimum absolute atomic E-state index is 0.164. The topological polar surface area (TPSA) is 52.6 Å². The molecule has 16 heavy (non-hydrogen) atoms. The lowest BCUT2D eigenvalue weighted by atomic mass is 10.2. The largest absolute Gasteiger partial charge is 0.458 e. The second-order valence-corrected chi connectivity index (χ2v) is 3.96. The van der Waals surface area contributed by atoms with E-state index in [1.54, 1.807) is 13.8 Å². The number of rotatable bonds is 0. The summed E-state index contributed by atoms with van der Waals surface area (Å²) in [4.78, 5) is 21.0. The van der Waals surface area contributed by atoms with Crippen molar-refractivity contribution >= 4 is 11.9 Å². The first-order valence-corrected chi connectivity index (χ1v) is 5.10. The number of hydrogen-bond donors (Lipinski definition) is 0. The van der Waals surface area contributed by atoms with Crippen LogP contribution in [0.1, 0.15) is 27.7 Å². The summed E-state index contributed by atoms with van der Waals surface area (Å²) in [5.74, 6) is -0.329. The van der Waals surface area contributed by atoms with Gasteiger partial charge < -0.3 is 9.47 Å². The molecule has 4 heteroatoms. The van der Waals surface area contributed by atoms with Gasteiger partial charge in [0.1, 0.15) is 13.2 Å². The van der Waals surface area contributed by atoms with Crippen molar-refractivity contribution in [1.82, 2.24) is 0 Å². The number of esters is 2. The van der Waals surface area contributed by atoms with Gasteiger partial charge >= 0.3 is 11.9 Å². The molecule has 0 atom stereocenters. The number of cyclic esters (lactones) is 2. The van der Waals surface area contributed by atoms with E-state index in [-0.39, 0.29) is 11.9 Å². The Kier molecular flexibility index (Phi) is 3.88. The van der Waals surface area contributed by atoms with E-state index in [4.69, 9.17) is 0 Å². The third-order valence-electron chi connectivity index (χ3n) is 2.73. The smallest absolute Gasteiger partial charge is 0.334 e. The molecule has 0 aromatic rings. The summed E-state index contributed by atoms with van der Waals surface area (Å²) in [6, 6.07) is 0. The molecule has 0 saturated carbocycles. The number of carbonyl (C=O) groups excluding carboxylic acids is 2. The van der Waals surface area contributed by atoms with E-state index < -0.39 is 0 Å². The standard InChI is InChI=1S/2C6H8O2/c2*1-4-3-8-6(7)5(4)2/h2*3H2,1-2H3. The van der Waals surface area contributed by atoms with Crippen LogP contribution in [0.2, 0.25) is 0 Å². The highest BCUT2D eigenvalue weighted by molar-refractivity contribution is 5.91.